The molecule has 0 radical (unpaired) electrons. The zero-order valence-electron chi connectivity index (χ0n) is 11.5. The lowest BCUT2D eigenvalue weighted by Gasteiger charge is -2.42. The maximum atomic E-state index is 12.0. The standard InChI is InChI=1S/C13H17N3O4/c1-6-7(2)16(8(3)17)11-9(4-5-14-12(11)18)10(6)15-13(19)20/h4-7,10,15H,1-3H3,(H,14,18)(H,19,20)/t6-,7-,10+/m0/s1. The van der Waals surface area contributed by atoms with Crippen LogP contribution < -0.4 is 15.8 Å². The molecule has 0 saturated heterocycles. The lowest BCUT2D eigenvalue weighted by atomic mass is 9.83. The minimum absolute atomic E-state index is 0.149. The van der Waals surface area contributed by atoms with Gasteiger partial charge in [0, 0.05) is 30.6 Å². The third-order valence-electron chi connectivity index (χ3n) is 3.85. The molecule has 0 saturated carbocycles. The number of amides is 2. The Kier molecular flexibility index (Phi) is 3.52. The summed E-state index contributed by atoms with van der Waals surface area (Å²) in [5, 5.41) is 11.4. The van der Waals surface area contributed by atoms with Crippen molar-refractivity contribution in [3.63, 3.8) is 0 Å². The van der Waals surface area contributed by atoms with E-state index in [4.69, 9.17) is 5.11 Å². The molecule has 0 unspecified atom stereocenters. The van der Waals surface area contributed by atoms with Crippen molar-refractivity contribution >= 4 is 17.7 Å². The Hall–Kier alpha value is -2.31. The lowest BCUT2D eigenvalue weighted by molar-refractivity contribution is -0.117. The van der Waals surface area contributed by atoms with E-state index in [1.54, 1.807) is 13.0 Å². The van der Waals surface area contributed by atoms with Gasteiger partial charge in [0.1, 0.15) is 5.69 Å². The fourth-order valence-corrected chi connectivity index (χ4v) is 2.77. The van der Waals surface area contributed by atoms with Gasteiger partial charge in [-0.15, -0.1) is 0 Å². The van der Waals surface area contributed by atoms with Crippen LogP contribution in [-0.4, -0.2) is 28.1 Å². The van der Waals surface area contributed by atoms with Crippen molar-refractivity contribution < 1.29 is 14.7 Å². The maximum Gasteiger partial charge on any atom is 0.405 e. The summed E-state index contributed by atoms with van der Waals surface area (Å²) in [6, 6.07) is 0.839. The van der Waals surface area contributed by atoms with Gasteiger partial charge in [0.2, 0.25) is 5.91 Å². The van der Waals surface area contributed by atoms with Gasteiger partial charge in [-0.25, -0.2) is 4.79 Å². The molecule has 1 aliphatic rings. The van der Waals surface area contributed by atoms with Crippen molar-refractivity contribution in [2.45, 2.75) is 32.9 Å². The third kappa shape index (κ3) is 2.15. The first kappa shape index (κ1) is 14.1. The van der Waals surface area contributed by atoms with Crippen LogP contribution in [0.3, 0.4) is 0 Å². The molecule has 7 heteroatoms. The number of pyridine rings is 1. The normalized spacial score (nSPS) is 24.9. The lowest BCUT2D eigenvalue weighted by Crippen LogP contribution is -2.52. The molecule has 1 aromatic heterocycles. The molecule has 7 nitrogen and oxygen atoms in total. The van der Waals surface area contributed by atoms with E-state index in [1.807, 2.05) is 6.92 Å². The molecule has 3 atom stereocenters. The Morgan fingerprint density at radius 2 is 2.05 bits per heavy atom. The second kappa shape index (κ2) is 4.99. The van der Waals surface area contributed by atoms with Gasteiger partial charge >= 0.3 is 6.09 Å². The summed E-state index contributed by atoms with van der Waals surface area (Å²) in [5.74, 6) is -0.389. The molecule has 108 valence electrons. The predicted molar refractivity (Wildman–Crippen MR) is 72.8 cm³/mol. The van der Waals surface area contributed by atoms with Crippen molar-refractivity contribution in [3.05, 3.63) is 28.2 Å². The summed E-state index contributed by atoms with van der Waals surface area (Å²) in [4.78, 5) is 38.8. The summed E-state index contributed by atoms with van der Waals surface area (Å²) in [6.45, 7) is 5.05. The number of carboxylic acid groups (broad SMARTS) is 1. The quantitative estimate of drug-likeness (QED) is 0.715. The SMILES string of the molecule is CC(=O)N1c2c(cc[nH]c2=O)[C@H](NC(=O)O)[C@@H](C)[C@@H]1C. The van der Waals surface area contributed by atoms with E-state index >= 15 is 0 Å². The highest BCUT2D eigenvalue weighted by Crippen LogP contribution is 2.38. The van der Waals surface area contributed by atoms with Gasteiger partial charge in [0.25, 0.3) is 5.56 Å². The maximum absolute atomic E-state index is 12.0. The van der Waals surface area contributed by atoms with Crippen LogP contribution in [-0.2, 0) is 4.79 Å². The minimum Gasteiger partial charge on any atom is -0.465 e. The van der Waals surface area contributed by atoms with Crippen LogP contribution in [0.15, 0.2) is 17.1 Å². The number of hydrogen-bond donors (Lipinski definition) is 3. The molecule has 1 aliphatic heterocycles. The predicted octanol–water partition coefficient (Wildman–Crippen LogP) is 1.07. The topological polar surface area (TPSA) is 103 Å². The summed E-state index contributed by atoms with van der Waals surface area (Å²) in [6.07, 6.45) is 0.301. The van der Waals surface area contributed by atoms with E-state index < -0.39 is 17.7 Å². The van der Waals surface area contributed by atoms with E-state index in [1.165, 1.54) is 18.0 Å². The summed E-state index contributed by atoms with van der Waals surface area (Å²) < 4.78 is 0. The van der Waals surface area contributed by atoms with E-state index in [0.717, 1.165) is 0 Å². The molecule has 2 rings (SSSR count). The van der Waals surface area contributed by atoms with Gasteiger partial charge in [0.05, 0.1) is 6.04 Å². The summed E-state index contributed by atoms with van der Waals surface area (Å²) in [5.41, 5.74) is 0.356. The van der Waals surface area contributed by atoms with E-state index in [9.17, 15) is 14.4 Å². The Labute approximate surface area is 115 Å². The first-order chi connectivity index (χ1) is 9.34. The van der Waals surface area contributed by atoms with Crippen LogP contribution in [0.5, 0.6) is 0 Å². The highest BCUT2D eigenvalue weighted by molar-refractivity contribution is 5.93. The number of carbonyl (C=O) groups is 2. The van der Waals surface area contributed by atoms with Crippen LogP contribution in [0.2, 0.25) is 0 Å². The third-order valence-corrected chi connectivity index (χ3v) is 3.85. The summed E-state index contributed by atoms with van der Waals surface area (Å²) >= 11 is 0. The second-order valence-electron chi connectivity index (χ2n) is 5.03. The number of carbonyl (C=O) groups excluding carboxylic acids is 1. The molecule has 3 N–H and O–H groups in total. The van der Waals surface area contributed by atoms with E-state index in [-0.39, 0.29) is 23.6 Å². The number of fused-ring (bicyclic) bond motifs is 1. The van der Waals surface area contributed by atoms with Gasteiger partial charge in [-0.1, -0.05) is 6.92 Å². The molecule has 20 heavy (non-hydrogen) atoms. The van der Waals surface area contributed by atoms with Crippen LogP contribution in [0.4, 0.5) is 10.5 Å². The van der Waals surface area contributed by atoms with Gasteiger partial charge < -0.3 is 20.3 Å². The first-order valence-electron chi connectivity index (χ1n) is 6.35. The number of anilines is 1. The van der Waals surface area contributed by atoms with Crippen molar-refractivity contribution in [2.24, 2.45) is 5.92 Å². The largest absolute Gasteiger partial charge is 0.465 e. The van der Waals surface area contributed by atoms with Crippen LogP contribution in [0.25, 0.3) is 0 Å². The highest BCUT2D eigenvalue weighted by Gasteiger charge is 2.40. The van der Waals surface area contributed by atoms with Crippen molar-refractivity contribution in [3.8, 4) is 0 Å². The molecular formula is C13H17N3O4. The fourth-order valence-electron chi connectivity index (χ4n) is 2.77. The molecule has 0 bridgehead atoms. The van der Waals surface area contributed by atoms with Gasteiger partial charge in [-0.3, -0.25) is 9.59 Å². The molecular weight excluding hydrogens is 262 g/mol. The Morgan fingerprint density at radius 3 is 2.60 bits per heavy atom. The van der Waals surface area contributed by atoms with E-state index in [2.05, 4.69) is 10.3 Å². The van der Waals surface area contributed by atoms with Crippen molar-refractivity contribution in [1.29, 1.82) is 0 Å². The molecule has 0 fully saturated rings. The van der Waals surface area contributed by atoms with Gasteiger partial charge in [-0.05, 0) is 13.0 Å². The number of H-pyrrole nitrogens is 1. The molecule has 0 spiro atoms. The fraction of sp³-hybridized carbons (Fsp3) is 0.462. The Balaban J connectivity index is 2.64. The number of nitrogens with one attached hydrogen (secondary N) is 2. The smallest absolute Gasteiger partial charge is 0.405 e. The van der Waals surface area contributed by atoms with Crippen LogP contribution in [0.1, 0.15) is 32.4 Å². The number of hydrogen-bond acceptors (Lipinski definition) is 3. The van der Waals surface area contributed by atoms with Crippen LogP contribution in [0, 0.1) is 5.92 Å². The molecule has 2 amide bonds. The zero-order chi connectivity index (χ0) is 15.0. The first-order valence-corrected chi connectivity index (χ1v) is 6.35. The monoisotopic (exact) mass is 279 g/mol. The van der Waals surface area contributed by atoms with Gasteiger partial charge in [0.15, 0.2) is 0 Å². The van der Waals surface area contributed by atoms with Crippen LogP contribution >= 0.6 is 0 Å². The average Bonchev–Trinajstić information content (AvgIpc) is 2.35. The molecule has 0 aliphatic carbocycles. The molecule has 1 aromatic rings. The Morgan fingerprint density at radius 1 is 1.40 bits per heavy atom. The minimum atomic E-state index is -1.16. The van der Waals surface area contributed by atoms with E-state index in [0.29, 0.717) is 5.56 Å². The van der Waals surface area contributed by atoms with Gasteiger partial charge in [-0.2, -0.15) is 0 Å². The average molecular weight is 279 g/mol. The van der Waals surface area contributed by atoms with Crippen molar-refractivity contribution in [2.75, 3.05) is 4.90 Å². The number of nitrogens with zero attached hydrogens (tertiary/aromatic N) is 1. The number of rotatable bonds is 1. The number of aromatic amines is 1. The molecule has 0 aromatic carbocycles. The zero-order valence-corrected chi connectivity index (χ0v) is 11.5. The second-order valence-corrected chi connectivity index (χ2v) is 5.03. The van der Waals surface area contributed by atoms with Crippen molar-refractivity contribution in [1.82, 2.24) is 10.3 Å². The summed E-state index contributed by atoms with van der Waals surface area (Å²) in [7, 11) is 0. The number of aromatic nitrogens is 1. The Bertz CT molecular complexity index is 610. The highest BCUT2D eigenvalue weighted by atomic mass is 16.4. The molecule has 2 heterocycles.